The molecule has 0 fully saturated rings. The van der Waals surface area contributed by atoms with Crippen LogP contribution in [0.3, 0.4) is 0 Å². The Hall–Kier alpha value is -1.61. The van der Waals surface area contributed by atoms with E-state index in [4.69, 9.17) is 5.73 Å². The monoisotopic (exact) mass is 243 g/mol. The Balaban J connectivity index is 2.36. The minimum atomic E-state index is 0.0406. The third-order valence-electron chi connectivity index (χ3n) is 3.56. The second kappa shape index (κ2) is 5.36. The summed E-state index contributed by atoms with van der Waals surface area (Å²) in [5.41, 5.74) is 7.90. The molecule has 0 saturated carbocycles. The molecule has 1 unspecified atom stereocenters. The summed E-state index contributed by atoms with van der Waals surface area (Å²) in [7, 11) is 0. The van der Waals surface area contributed by atoms with Gasteiger partial charge in [-0.1, -0.05) is 25.1 Å². The van der Waals surface area contributed by atoms with Gasteiger partial charge in [0.05, 0.1) is 5.52 Å². The molecule has 3 heteroatoms. The number of benzene rings is 1. The molecule has 1 heterocycles. The van der Waals surface area contributed by atoms with Crippen molar-refractivity contribution in [2.75, 3.05) is 11.9 Å². The Morgan fingerprint density at radius 2 is 2.06 bits per heavy atom. The van der Waals surface area contributed by atoms with Crippen LogP contribution in [0.2, 0.25) is 0 Å². The molecular weight excluding hydrogens is 222 g/mol. The minimum absolute atomic E-state index is 0.0406. The van der Waals surface area contributed by atoms with Crippen molar-refractivity contribution in [1.29, 1.82) is 0 Å². The topological polar surface area (TPSA) is 50.9 Å². The standard InChI is InChI=1S/C15H21N3/c1-3-15(2,9-10-16)18-14-8-11-17-13-7-5-4-6-12(13)14/h4-8,11H,3,9-10,16H2,1-2H3,(H,17,18). The second-order valence-electron chi connectivity index (χ2n) is 4.95. The van der Waals surface area contributed by atoms with Gasteiger partial charge >= 0.3 is 0 Å². The van der Waals surface area contributed by atoms with Crippen LogP contribution in [0, 0.1) is 0 Å². The number of hydrogen-bond donors (Lipinski definition) is 2. The molecule has 3 N–H and O–H groups in total. The first-order valence-electron chi connectivity index (χ1n) is 6.50. The summed E-state index contributed by atoms with van der Waals surface area (Å²) in [4.78, 5) is 4.38. The van der Waals surface area contributed by atoms with Crippen molar-refractivity contribution in [2.45, 2.75) is 32.2 Å². The molecule has 0 aliphatic rings. The molecule has 18 heavy (non-hydrogen) atoms. The van der Waals surface area contributed by atoms with Crippen LogP contribution in [-0.4, -0.2) is 17.1 Å². The third kappa shape index (κ3) is 2.62. The van der Waals surface area contributed by atoms with E-state index in [0.29, 0.717) is 6.54 Å². The van der Waals surface area contributed by atoms with E-state index in [1.165, 1.54) is 0 Å². The first-order valence-corrected chi connectivity index (χ1v) is 6.50. The quantitative estimate of drug-likeness (QED) is 0.848. The molecule has 0 saturated heterocycles. The normalized spacial score (nSPS) is 14.4. The van der Waals surface area contributed by atoms with Gasteiger partial charge in [0.25, 0.3) is 0 Å². The van der Waals surface area contributed by atoms with Crippen molar-refractivity contribution < 1.29 is 0 Å². The summed E-state index contributed by atoms with van der Waals surface area (Å²) in [5, 5.41) is 4.79. The summed E-state index contributed by atoms with van der Waals surface area (Å²) < 4.78 is 0. The molecule has 0 spiro atoms. The summed E-state index contributed by atoms with van der Waals surface area (Å²) in [6.07, 6.45) is 3.85. The van der Waals surface area contributed by atoms with Gasteiger partial charge in [0.1, 0.15) is 0 Å². The first kappa shape index (κ1) is 12.8. The van der Waals surface area contributed by atoms with E-state index in [1.807, 2.05) is 30.5 Å². The molecule has 96 valence electrons. The highest BCUT2D eigenvalue weighted by Gasteiger charge is 2.21. The number of aromatic nitrogens is 1. The zero-order chi connectivity index (χ0) is 13.0. The zero-order valence-electron chi connectivity index (χ0n) is 11.1. The Morgan fingerprint density at radius 1 is 1.28 bits per heavy atom. The Kier molecular flexibility index (Phi) is 3.82. The molecule has 3 nitrogen and oxygen atoms in total. The van der Waals surface area contributed by atoms with E-state index in [-0.39, 0.29) is 5.54 Å². The van der Waals surface area contributed by atoms with Gasteiger partial charge in [-0.2, -0.15) is 0 Å². The van der Waals surface area contributed by atoms with Crippen LogP contribution in [0.4, 0.5) is 5.69 Å². The zero-order valence-corrected chi connectivity index (χ0v) is 11.1. The summed E-state index contributed by atoms with van der Waals surface area (Å²) in [6, 6.07) is 10.2. The molecule has 1 aromatic heterocycles. The minimum Gasteiger partial charge on any atom is -0.379 e. The molecular formula is C15H21N3. The number of pyridine rings is 1. The van der Waals surface area contributed by atoms with Gasteiger partial charge < -0.3 is 11.1 Å². The number of hydrogen-bond acceptors (Lipinski definition) is 3. The molecule has 0 amide bonds. The molecule has 1 atom stereocenters. The lowest BCUT2D eigenvalue weighted by Crippen LogP contribution is -2.36. The van der Waals surface area contributed by atoms with Gasteiger partial charge in [-0.05, 0) is 38.4 Å². The Morgan fingerprint density at radius 3 is 2.78 bits per heavy atom. The molecule has 0 aliphatic heterocycles. The number of rotatable bonds is 5. The van der Waals surface area contributed by atoms with Crippen LogP contribution in [0.25, 0.3) is 10.9 Å². The largest absolute Gasteiger partial charge is 0.379 e. The SMILES string of the molecule is CCC(C)(CCN)Nc1ccnc2ccccc12. The number of anilines is 1. The van der Waals surface area contributed by atoms with E-state index in [0.717, 1.165) is 29.4 Å². The van der Waals surface area contributed by atoms with E-state index in [9.17, 15) is 0 Å². The lowest BCUT2D eigenvalue weighted by atomic mass is 9.94. The average molecular weight is 243 g/mol. The Bertz CT molecular complexity index is 519. The van der Waals surface area contributed by atoms with E-state index < -0.39 is 0 Å². The number of nitrogens with zero attached hydrogens (tertiary/aromatic N) is 1. The predicted molar refractivity (Wildman–Crippen MR) is 77.7 cm³/mol. The third-order valence-corrected chi connectivity index (χ3v) is 3.56. The maximum absolute atomic E-state index is 5.70. The highest BCUT2D eigenvalue weighted by molar-refractivity contribution is 5.91. The molecule has 1 aromatic carbocycles. The highest BCUT2D eigenvalue weighted by atomic mass is 15.0. The van der Waals surface area contributed by atoms with Crippen LogP contribution >= 0.6 is 0 Å². The average Bonchev–Trinajstić information content (AvgIpc) is 2.39. The van der Waals surface area contributed by atoms with Gasteiger partial charge in [-0.3, -0.25) is 4.98 Å². The highest BCUT2D eigenvalue weighted by Crippen LogP contribution is 2.27. The first-order chi connectivity index (χ1) is 8.68. The fraction of sp³-hybridized carbons (Fsp3) is 0.400. The van der Waals surface area contributed by atoms with E-state index >= 15 is 0 Å². The van der Waals surface area contributed by atoms with Crippen LogP contribution in [-0.2, 0) is 0 Å². The van der Waals surface area contributed by atoms with Gasteiger partial charge in [-0.15, -0.1) is 0 Å². The maximum Gasteiger partial charge on any atom is 0.0722 e. The maximum atomic E-state index is 5.70. The van der Waals surface area contributed by atoms with Gasteiger partial charge in [0.15, 0.2) is 0 Å². The predicted octanol–water partition coefficient (Wildman–Crippen LogP) is 3.16. The van der Waals surface area contributed by atoms with Crippen LogP contribution in [0.15, 0.2) is 36.5 Å². The number of nitrogens with two attached hydrogens (primary N) is 1. The van der Waals surface area contributed by atoms with Crippen molar-refractivity contribution in [3.05, 3.63) is 36.5 Å². The van der Waals surface area contributed by atoms with Crippen molar-refractivity contribution in [2.24, 2.45) is 5.73 Å². The molecule has 2 rings (SSSR count). The van der Waals surface area contributed by atoms with E-state index in [1.54, 1.807) is 0 Å². The molecule has 0 radical (unpaired) electrons. The van der Waals surface area contributed by atoms with Crippen LogP contribution < -0.4 is 11.1 Å². The lowest BCUT2D eigenvalue weighted by molar-refractivity contribution is 0.464. The molecule has 0 aliphatic carbocycles. The van der Waals surface area contributed by atoms with E-state index in [2.05, 4.69) is 30.2 Å². The summed E-state index contributed by atoms with van der Waals surface area (Å²) in [5.74, 6) is 0. The van der Waals surface area contributed by atoms with Crippen LogP contribution in [0.5, 0.6) is 0 Å². The summed E-state index contributed by atoms with van der Waals surface area (Å²) >= 11 is 0. The Labute approximate surface area is 108 Å². The van der Waals surface area contributed by atoms with Crippen molar-refractivity contribution >= 4 is 16.6 Å². The van der Waals surface area contributed by atoms with Crippen molar-refractivity contribution in [3.63, 3.8) is 0 Å². The fourth-order valence-electron chi connectivity index (χ4n) is 2.18. The summed E-state index contributed by atoms with van der Waals surface area (Å²) in [6.45, 7) is 5.10. The second-order valence-corrected chi connectivity index (χ2v) is 4.95. The van der Waals surface area contributed by atoms with Gasteiger partial charge in [0, 0.05) is 22.8 Å². The van der Waals surface area contributed by atoms with Gasteiger partial charge in [-0.25, -0.2) is 0 Å². The van der Waals surface area contributed by atoms with Gasteiger partial charge in [0.2, 0.25) is 0 Å². The number of para-hydroxylation sites is 1. The molecule has 2 aromatic rings. The molecule has 0 bridgehead atoms. The smallest absolute Gasteiger partial charge is 0.0722 e. The van der Waals surface area contributed by atoms with Crippen molar-refractivity contribution in [3.8, 4) is 0 Å². The van der Waals surface area contributed by atoms with Crippen molar-refractivity contribution in [1.82, 2.24) is 4.98 Å². The van der Waals surface area contributed by atoms with Crippen LogP contribution in [0.1, 0.15) is 26.7 Å². The number of nitrogens with one attached hydrogen (secondary N) is 1. The fourth-order valence-corrected chi connectivity index (χ4v) is 2.18. The lowest BCUT2D eigenvalue weighted by Gasteiger charge is -2.31. The number of fused-ring (bicyclic) bond motifs is 1.